The van der Waals surface area contributed by atoms with Crippen LogP contribution < -0.4 is 4.90 Å². The van der Waals surface area contributed by atoms with Crippen LogP contribution in [0, 0.1) is 0 Å². The van der Waals surface area contributed by atoms with Crippen molar-refractivity contribution in [3.8, 4) is 0 Å². The molecule has 0 aromatic carbocycles. The quantitative estimate of drug-likeness (QED) is 0.685. The van der Waals surface area contributed by atoms with Crippen molar-refractivity contribution in [2.24, 2.45) is 0 Å². The predicted octanol–water partition coefficient (Wildman–Crippen LogP) is -0.266. The van der Waals surface area contributed by atoms with Gasteiger partial charge in [0.25, 0.3) is 5.91 Å². The number of carbonyl (C=O) groups excluding carboxylic acids is 2. The van der Waals surface area contributed by atoms with E-state index in [1.54, 1.807) is 22.1 Å². The van der Waals surface area contributed by atoms with E-state index in [9.17, 15) is 9.59 Å². The van der Waals surface area contributed by atoms with Gasteiger partial charge in [0, 0.05) is 58.3 Å². The first-order chi connectivity index (χ1) is 12.7. The van der Waals surface area contributed by atoms with E-state index < -0.39 is 5.79 Å². The Bertz CT molecular complexity index is 661. The molecular formula is C17H23N5O4. The van der Waals surface area contributed by atoms with E-state index >= 15 is 0 Å². The molecule has 0 radical (unpaired) electrons. The maximum absolute atomic E-state index is 12.7. The van der Waals surface area contributed by atoms with Gasteiger partial charge in [0.2, 0.25) is 12.4 Å². The molecule has 3 saturated heterocycles. The Labute approximate surface area is 151 Å². The fourth-order valence-corrected chi connectivity index (χ4v) is 3.65. The van der Waals surface area contributed by atoms with Crippen molar-refractivity contribution in [2.75, 3.05) is 57.4 Å². The lowest BCUT2D eigenvalue weighted by Crippen LogP contribution is -2.48. The SMILES string of the molecule is O=CN1CCN(C(=O)c2ccnc(N3CCC4(CC3)OCCO4)n2)CC1. The zero-order valence-electron chi connectivity index (χ0n) is 14.7. The molecule has 0 saturated carbocycles. The van der Waals surface area contributed by atoms with Gasteiger partial charge in [-0.3, -0.25) is 9.59 Å². The molecule has 0 N–H and O–H groups in total. The average Bonchev–Trinajstić information content (AvgIpc) is 3.16. The third-order valence-corrected chi connectivity index (χ3v) is 5.23. The maximum Gasteiger partial charge on any atom is 0.272 e. The van der Waals surface area contributed by atoms with Crippen LogP contribution in [0.4, 0.5) is 5.95 Å². The van der Waals surface area contributed by atoms with Crippen LogP contribution in [0.3, 0.4) is 0 Å². The summed E-state index contributed by atoms with van der Waals surface area (Å²) >= 11 is 0. The standard InChI is InChI=1S/C17H23N5O4/c23-13-20-7-9-21(10-8-20)15(24)14-1-4-18-16(19-14)22-5-2-17(3-6-22)25-11-12-26-17/h1,4,13H,2-3,5-12H2. The van der Waals surface area contributed by atoms with Gasteiger partial charge < -0.3 is 24.2 Å². The van der Waals surface area contributed by atoms with Gasteiger partial charge in [0.05, 0.1) is 13.2 Å². The molecule has 1 aromatic heterocycles. The third kappa shape index (κ3) is 3.36. The molecule has 4 heterocycles. The largest absolute Gasteiger partial charge is 0.347 e. The van der Waals surface area contributed by atoms with Crippen molar-refractivity contribution in [2.45, 2.75) is 18.6 Å². The molecule has 9 heteroatoms. The number of piperidine rings is 1. The summed E-state index contributed by atoms with van der Waals surface area (Å²) in [7, 11) is 0. The molecule has 0 atom stereocenters. The Kier molecular flexibility index (Phi) is 4.73. The average molecular weight is 361 g/mol. The molecule has 9 nitrogen and oxygen atoms in total. The number of hydrogen-bond acceptors (Lipinski definition) is 7. The highest BCUT2D eigenvalue weighted by molar-refractivity contribution is 5.92. The lowest BCUT2D eigenvalue weighted by atomic mass is 10.0. The molecule has 1 aromatic rings. The highest BCUT2D eigenvalue weighted by Crippen LogP contribution is 2.32. The van der Waals surface area contributed by atoms with Gasteiger partial charge in [0.15, 0.2) is 5.79 Å². The second-order valence-corrected chi connectivity index (χ2v) is 6.77. The number of rotatable bonds is 3. The summed E-state index contributed by atoms with van der Waals surface area (Å²) in [5.41, 5.74) is 0.392. The second kappa shape index (κ2) is 7.16. The van der Waals surface area contributed by atoms with E-state index in [2.05, 4.69) is 14.9 Å². The molecule has 2 amide bonds. The summed E-state index contributed by atoms with van der Waals surface area (Å²) in [4.78, 5) is 37.8. The minimum Gasteiger partial charge on any atom is -0.347 e. The van der Waals surface area contributed by atoms with Crippen LogP contribution in [0.5, 0.6) is 0 Å². The fraction of sp³-hybridized carbons (Fsp3) is 0.647. The Morgan fingerprint density at radius 3 is 2.42 bits per heavy atom. The maximum atomic E-state index is 12.7. The lowest BCUT2D eigenvalue weighted by molar-refractivity contribution is -0.169. The number of carbonyl (C=O) groups is 2. The molecule has 3 fully saturated rings. The summed E-state index contributed by atoms with van der Waals surface area (Å²) in [6, 6.07) is 1.65. The zero-order chi connectivity index (χ0) is 18.0. The number of nitrogens with zero attached hydrogens (tertiary/aromatic N) is 5. The molecule has 4 rings (SSSR count). The van der Waals surface area contributed by atoms with Gasteiger partial charge in [-0.25, -0.2) is 9.97 Å². The summed E-state index contributed by atoms with van der Waals surface area (Å²) in [5, 5.41) is 0. The van der Waals surface area contributed by atoms with E-state index in [1.165, 1.54) is 0 Å². The zero-order valence-corrected chi connectivity index (χ0v) is 14.7. The summed E-state index contributed by atoms with van der Waals surface area (Å²) in [6.07, 6.45) is 3.99. The monoisotopic (exact) mass is 361 g/mol. The van der Waals surface area contributed by atoms with Crippen molar-refractivity contribution >= 4 is 18.3 Å². The molecule has 3 aliphatic rings. The molecule has 1 spiro atoms. The van der Waals surface area contributed by atoms with Crippen molar-refractivity contribution in [3.63, 3.8) is 0 Å². The number of aromatic nitrogens is 2. The second-order valence-electron chi connectivity index (χ2n) is 6.77. The highest BCUT2D eigenvalue weighted by Gasteiger charge is 2.40. The minimum atomic E-state index is -0.442. The van der Waals surface area contributed by atoms with E-state index in [0.717, 1.165) is 32.3 Å². The van der Waals surface area contributed by atoms with E-state index in [-0.39, 0.29) is 5.91 Å². The molecule has 140 valence electrons. The topological polar surface area (TPSA) is 88.1 Å². The number of piperazine rings is 1. The number of ether oxygens (including phenoxy) is 2. The van der Waals surface area contributed by atoms with Crippen LogP contribution in [0.15, 0.2) is 12.3 Å². The first-order valence-electron chi connectivity index (χ1n) is 9.04. The number of hydrogen-bond donors (Lipinski definition) is 0. The first kappa shape index (κ1) is 17.2. The van der Waals surface area contributed by atoms with Gasteiger partial charge in [-0.1, -0.05) is 0 Å². The smallest absolute Gasteiger partial charge is 0.272 e. The Morgan fingerprint density at radius 1 is 1.08 bits per heavy atom. The Balaban J connectivity index is 1.40. The van der Waals surface area contributed by atoms with Crippen LogP contribution in [-0.4, -0.2) is 90.4 Å². The summed E-state index contributed by atoms with van der Waals surface area (Å²) < 4.78 is 11.5. The first-order valence-corrected chi connectivity index (χ1v) is 9.04. The molecule has 0 aliphatic carbocycles. The number of amides is 2. The van der Waals surface area contributed by atoms with Gasteiger partial charge in [-0.15, -0.1) is 0 Å². The van der Waals surface area contributed by atoms with Crippen LogP contribution in [-0.2, 0) is 14.3 Å². The lowest BCUT2D eigenvalue weighted by Gasteiger charge is -2.37. The number of anilines is 1. The van der Waals surface area contributed by atoms with Crippen LogP contribution in [0.25, 0.3) is 0 Å². The predicted molar refractivity (Wildman–Crippen MR) is 91.7 cm³/mol. The van der Waals surface area contributed by atoms with Crippen LogP contribution >= 0.6 is 0 Å². The minimum absolute atomic E-state index is 0.116. The van der Waals surface area contributed by atoms with Gasteiger partial charge >= 0.3 is 0 Å². The van der Waals surface area contributed by atoms with Crippen molar-refractivity contribution in [3.05, 3.63) is 18.0 Å². The van der Waals surface area contributed by atoms with Gasteiger partial charge in [0.1, 0.15) is 5.69 Å². The Hall–Kier alpha value is -2.26. The van der Waals surface area contributed by atoms with Gasteiger partial charge in [-0.05, 0) is 6.07 Å². The molecule has 26 heavy (non-hydrogen) atoms. The highest BCUT2D eigenvalue weighted by atomic mass is 16.7. The normalized spacial score (nSPS) is 22.7. The van der Waals surface area contributed by atoms with Crippen LogP contribution in [0.2, 0.25) is 0 Å². The van der Waals surface area contributed by atoms with Crippen LogP contribution in [0.1, 0.15) is 23.3 Å². The van der Waals surface area contributed by atoms with Gasteiger partial charge in [-0.2, -0.15) is 0 Å². The van der Waals surface area contributed by atoms with Crippen molar-refractivity contribution in [1.82, 2.24) is 19.8 Å². The van der Waals surface area contributed by atoms with E-state index in [0.29, 0.717) is 51.0 Å². The molecule has 0 bridgehead atoms. The molecular weight excluding hydrogens is 338 g/mol. The molecule has 3 aliphatic heterocycles. The fourth-order valence-electron chi connectivity index (χ4n) is 3.65. The Morgan fingerprint density at radius 2 is 1.77 bits per heavy atom. The summed E-state index contributed by atoms with van der Waals surface area (Å²) in [6.45, 7) is 4.93. The summed E-state index contributed by atoms with van der Waals surface area (Å²) in [5.74, 6) is 0.00713. The van der Waals surface area contributed by atoms with Crippen molar-refractivity contribution < 1.29 is 19.1 Å². The third-order valence-electron chi connectivity index (χ3n) is 5.23. The van der Waals surface area contributed by atoms with E-state index in [1.807, 2.05) is 0 Å². The molecule has 0 unspecified atom stereocenters. The van der Waals surface area contributed by atoms with Crippen molar-refractivity contribution in [1.29, 1.82) is 0 Å². The van der Waals surface area contributed by atoms with E-state index in [4.69, 9.17) is 9.47 Å².